The van der Waals surface area contributed by atoms with E-state index >= 15 is 0 Å². The molecular formula is C23H35ClN2O. The molecule has 3 heterocycles. The number of oxazole rings is 1. The molecule has 0 spiro atoms. The van der Waals surface area contributed by atoms with E-state index in [-0.39, 0.29) is 0 Å². The minimum Gasteiger partial charge on any atom is -0.445 e. The van der Waals surface area contributed by atoms with Crippen LogP contribution in [0.5, 0.6) is 0 Å². The maximum absolute atomic E-state index is 6.54. The summed E-state index contributed by atoms with van der Waals surface area (Å²) in [5.41, 5.74) is 0. The van der Waals surface area contributed by atoms with Gasteiger partial charge in [0.25, 0.3) is 0 Å². The van der Waals surface area contributed by atoms with Gasteiger partial charge in [-0.2, -0.15) is 0 Å². The van der Waals surface area contributed by atoms with Gasteiger partial charge in [0.05, 0.1) is 6.20 Å². The van der Waals surface area contributed by atoms with Crippen LogP contribution in [-0.2, 0) is 0 Å². The molecule has 1 aromatic rings. The van der Waals surface area contributed by atoms with Crippen molar-refractivity contribution in [3.63, 3.8) is 0 Å². The monoisotopic (exact) mass is 390 g/mol. The van der Waals surface area contributed by atoms with Gasteiger partial charge in [0.2, 0.25) is 0 Å². The van der Waals surface area contributed by atoms with Gasteiger partial charge in [0.1, 0.15) is 5.76 Å². The Morgan fingerprint density at radius 2 is 1.78 bits per heavy atom. The third-order valence-corrected chi connectivity index (χ3v) is 8.88. The Labute approximate surface area is 169 Å². The van der Waals surface area contributed by atoms with Gasteiger partial charge < -0.3 is 4.42 Å². The van der Waals surface area contributed by atoms with Crippen molar-refractivity contribution < 1.29 is 4.42 Å². The first-order valence-corrected chi connectivity index (χ1v) is 12.0. The fourth-order valence-corrected chi connectivity index (χ4v) is 7.14. The van der Waals surface area contributed by atoms with Gasteiger partial charge in [0.15, 0.2) is 5.89 Å². The largest absolute Gasteiger partial charge is 0.445 e. The van der Waals surface area contributed by atoms with Crippen LogP contribution in [0.3, 0.4) is 0 Å². The molecule has 2 bridgehead atoms. The summed E-state index contributed by atoms with van der Waals surface area (Å²) in [7, 11) is 2.35. The summed E-state index contributed by atoms with van der Waals surface area (Å²) < 4.78 is 6.54. The van der Waals surface area contributed by atoms with E-state index in [1.807, 2.05) is 0 Å². The number of fused-ring (bicyclic) bond motifs is 2. The third-order valence-electron chi connectivity index (χ3n) is 8.45. The van der Waals surface area contributed by atoms with E-state index in [2.05, 4.69) is 18.1 Å². The van der Waals surface area contributed by atoms with Crippen LogP contribution in [0.25, 0.3) is 0 Å². The number of aromatic nitrogens is 1. The Hall–Kier alpha value is -0.540. The third kappa shape index (κ3) is 3.48. The molecule has 0 aromatic carbocycles. The predicted octanol–water partition coefficient (Wildman–Crippen LogP) is 6.09. The Kier molecular flexibility index (Phi) is 5.28. The molecule has 150 valence electrons. The van der Waals surface area contributed by atoms with Crippen molar-refractivity contribution in [3.05, 3.63) is 17.8 Å². The van der Waals surface area contributed by atoms with Crippen LogP contribution in [0.2, 0.25) is 0 Å². The lowest BCUT2D eigenvalue weighted by atomic mass is 9.67. The molecule has 4 fully saturated rings. The number of halogens is 1. The summed E-state index contributed by atoms with van der Waals surface area (Å²) in [5, 5.41) is 0.408. The molecule has 4 aliphatic rings. The van der Waals surface area contributed by atoms with Crippen molar-refractivity contribution >= 4 is 11.6 Å². The molecule has 27 heavy (non-hydrogen) atoms. The molecule has 2 aliphatic heterocycles. The SMILES string of the molecule is CN1C2CC[C@@H]1C[C@H](C1CCC(Cl)CC1)C2c1cnc(C2CCCCC2)o1. The van der Waals surface area contributed by atoms with Gasteiger partial charge in [-0.3, -0.25) is 4.90 Å². The first-order chi connectivity index (χ1) is 13.2. The summed E-state index contributed by atoms with van der Waals surface area (Å²) >= 11 is 6.42. The van der Waals surface area contributed by atoms with Crippen molar-refractivity contribution in [3.8, 4) is 0 Å². The number of piperidine rings is 1. The van der Waals surface area contributed by atoms with E-state index in [4.69, 9.17) is 21.0 Å². The minimum absolute atomic E-state index is 0.408. The van der Waals surface area contributed by atoms with Crippen molar-refractivity contribution in [2.75, 3.05) is 7.05 Å². The van der Waals surface area contributed by atoms with Crippen LogP contribution in [0.15, 0.2) is 10.6 Å². The normalized spacial score (nSPS) is 41.1. The lowest BCUT2D eigenvalue weighted by Crippen LogP contribution is -2.47. The molecule has 1 aromatic heterocycles. The lowest BCUT2D eigenvalue weighted by molar-refractivity contribution is 0.0538. The van der Waals surface area contributed by atoms with E-state index < -0.39 is 0 Å². The van der Waals surface area contributed by atoms with Crippen LogP contribution >= 0.6 is 11.6 Å². The van der Waals surface area contributed by atoms with E-state index in [9.17, 15) is 0 Å². The smallest absolute Gasteiger partial charge is 0.197 e. The van der Waals surface area contributed by atoms with Crippen molar-refractivity contribution in [1.29, 1.82) is 0 Å². The molecule has 5 rings (SSSR count). The highest BCUT2D eigenvalue weighted by Gasteiger charge is 2.50. The zero-order chi connectivity index (χ0) is 18.4. The number of alkyl halides is 1. The Morgan fingerprint density at radius 1 is 1.00 bits per heavy atom. The van der Waals surface area contributed by atoms with Crippen LogP contribution in [-0.4, -0.2) is 34.4 Å². The van der Waals surface area contributed by atoms with Crippen LogP contribution in [0.4, 0.5) is 0 Å². The number of hydrogen-bond acceptors (Lipinski definition) is 3. The number of rotatable bonds is 3. The maximum Gasteiger partial charge on any atom is 0.197 e. The number of nitrogens with zero attached hydrogens (tertiary/aromatic N) is 2. The van der Waals surface area contributed by atoms with Gasteiger partial charge in [-0.05, 0) is 76.7 Å². The van der Waals surface area contributed by atoms with Gasteiger partial charge in [-0.15, -0.1) is 11.6 Å². The first kappa shape index (κ1) is 18.5. The molecule has 0 N–H and O–H groups in total. The molecule has 4 atom stereocenters. The summed E-state index contributed by atoms with van der Waals surface area (Å²) in [4.78, 5) is 7.47. The molecule has 2 saturated carbocycles. The second-order valence-electron chi connectivity index (χ2n) is 9.84. The van der Waals surface area contributed by atoms with Gasteiger partial charge >= 0.3 is 0 Å². The molecular weight excluding hydrogens is 356 g/mol. The van der Waals surface area contributed by atoms with E-state index in [0.29, 0.717) is 23.3 Å². The maximum atomic E-state index is 6.54. The summed E-state index contributed by atoms with van der Waals surface area (Å²) in [6.07, 6.45) is 17.7. The van der Waals surface area contributed by atoms with Crippen LogP contribution < -0.4 is 0 Å². The number of likely N-dealkylation sites (N-methyl/N-ethyl adjacent to an activating group) is 1. The van der Waals surface area contributed by atoms with Gasteiger partial charge in [0, 0.05) is 29.3 Å². The zero-order valence-corrected chi connectivity index (χ0v) is 17.5. The fraction of sp³-hybridized carbons (Fsp3) is 0.870. The summed E-state index contributed by atoms with van der Waals surface area (Å²) in [6.45, 7) is 0. The van der Waals surface area contributed by atoms with E-state index in [1.165, 1.54) is 82.8 Å². The highest BCUT2D eigenvalue weighted by Crippen LogP contribution is 2.52. The van der Waals surface area contributed by atoms with Gasteiger partial charge in [-0.25, -0.2) is 4.98 Å². The Morgan fingerprint density at radius 3 is 2.56 bits per heavy atom. The average Bonchev–Trinajstić information content (AvgIpc) is 3.26. The first-order valence-electron chi connectivity index (χ1n) is 11.5. The Balaban J connectivity index is 1.41. The Bertz CT molecular complexity index is 632. The molecule has 2 saturated heterocycles. The summed E-state index contributed by atoms with van der Waals surface area (Å²) in [5.74, 6) is 4.92. The lowest BCUT2D eigenvalue weighted by Gasteiger charge is -2.46. The topological polar surface area (TPSA) is 29.3 Å². The molecule has 2 aliphatic carbocycles. The second kappa shape index (κ2) is 7.71. The van der Waals surface area contributed by atoms with Crippen molar-refractivity contribution in [2.45, 2.75) is 106 Å². The fourth-order valence-electron chi connectivity index (χ4n) is 6.89. The quantitative estimate of drug-likeness (QED) is 0.585. The van der Waals surface area contributed by atoms with E-state index in [1.54, 1.807) is 0 Å². The highest BCUT2D eigenvalue weighted by molar-refractivity contribution is 6.20. The molecule has 4 heteroatoms. The van der Waals surface area contributed by atoms with Gasteiger partial charge in [-0.1, -0.05) is 19.3 Å². The molecule has 0 radical (unpaired) electrons. The highest BCUT2D eigenvalue weighted by atomic mass is 35.5. The van der Waals surface area contributed by atoms with E-state index in [0.717, 1.165) is 23.8 Å². The molecule has 0 amide bonds. The summed E-state index contributed by atoms with van der Waals surface area (Å²) in [6, 6.07) is 1.43. The standard InChI is InChI=1S/C23H35ClN2O/c1-26-18-11-12-20(26)22(19(13-18)15-7-9-17(24)10-8-15)21-14-25-23(27-21)16-5-3-2-4-6-16/h14-20,22H,2-13H2,1H3/t15?,17?,18-,19-,20?,22?/m1/s1. The predicted molar refractivity (Wildman–Crippen MR) is 109 cm³/mol. The van der Waals surface area contributed by atoms with Crippen molar-refractivity contribution in [2.24, 2.45) is 11.8 Å². The number of hydrogen-bond donors (Lipinski definition) is 0. The van der Waals surface area contributed by atoms with Crippen LogP contribution in [0, 0.1) is 11.8 Å². The van der Waals surface area contributed by atoms with Crippen LogP contribution in [0.1, 0.15) is 101 Å². The minimum atomic E-state index is 0.408. The average molecular weight is 391 g/mol. The molecule has 3 nitrogen and oxygen atoms in total. The second-order valence-corrected chi connectivity index (χ2v) is 10.5. The zero-order valence-electron chi connectivity index (χ0n) is 16.8. The van der Waals surface area contributed by atoms with Crippen molar-refractivity contribution in [1.82, 2.24) is 9.88 Å². The molecule has 2 unspecified atom stereocenters.